The van der Waals surface area contributed by atoms with Gasteiger partial charge in [0.15, 0.2) is 5.56 Å². The largest absolute Gasteiger partial charge is 0.497 e. The van der Waals surface area contributed by atoms with Crippen LogP contribution < -0.4 is 10.2 Å². The fourth-order valence-corrected chi connectivity index (χ4v) is 1.65. The molecule has 7 nitrogen and oxygen atoms in total. The molecular formula is C12H8O7. The summed E-state index contributed by atoms with van der Waals surface area (Å²) in [6.45, 7) is 0. The molecule has 98 valence electrons. The van der Waals surface area contributed by atoms with Crippen LogP contribution >= 0.6 is 0 Å². The highest BCUT2D eigenvalue weighted by Crippen LogP contribution is 2.21. The Morgan fingerprint density at radius 3 is 2.42 bits per heavy atom. The van der Waals surface area contributed by atoms with Crippen LogP contribution in [0.1, 0.15) is 20.9 Å². The summed E-state index contributed by atoms with van der Waals surface area (Å²) in [6, 6.07) is 4.10. The van der Waals surface area contributed by atoms with Crippen molar-refractivity contribution >= 4 is 22.9 Å². The van der Waals surface area contributed by atoms with Gasteiger partial charge in [0.2, 0.25) is 11.2 Å². The Balaban J connectivity index is 2.93. The molecule has 0 aliphatic heterocycles. The van der Waals surface area contributed by atoms with E-state index in [1.165, 1.54) is 25.3 Å². The van der Waals surface area contributed by atoms with E-state index in [1.807, 2.05) is 0 Å². The summed E-state index contributed by atoms with van der Waals surface area (Å²) in [5.41, 5.74) is -1.86. The molecule has 0 bridgehead atoms. The standard InChI is InChI=1S/C12H8O7/c1-18-5-2-3-7-6(4-5)9(13)8(11(14)15)10(19-7)12(16)17/h2-4H,1H3,(H,14,15)(H,16,17). The number of benzene rings is 1. The van der Waals surface area contributed by atoms with Crippen molar-refractivity contribution in [1.29, 1.82) is 0 Å². The van der Waals surface area contributed by atoms with Crippen LogP contribution in [0.2, 0.25) is 0 Å². The molecule has 19 heavy (non-hydrogen) atoms. The third-order valence-electron chi connectivity index (χ3n) is 2.51. The molecule has 0 aliphatic rings. The number of hydrogen-bond donors (Lipinski definition) is 2. The van der Waals surface area contributed by atoms with E-state index in [0.717, 1.165) is 0 Å². The first-order valence-corrected chi connectivity index (χ1v) is 5.07. The molecule has 1 heterocycles. The second-order valence-corrected chi connectivity index (χ2v) is 3.61. The summed E-state index contributed by atoms with van der Waals surface area (Å²) < 4.78 is 9.87. The molecule has 0 spiro atoms. The maximum Gasteiger partial charge on any atom is 0.372 e. The lowest BCUT2D eigenvalue weighted by Gasteiger charge is -2.05. The van der Waals surface area contributed by atoms with Crippen LogP contribution in [-0.2, 0) is 0 Å². The van der Waals surface area contributed by atoms with Gasteiger partial charge in [-0.05, 0) is 18.2 Å². The predicted octanol–water partition coefficient (Wildman–Crippen LogP) is 1.20. The van der Waals surface area contributed by atoms with Gasteiger partial charge in [0, 0.05) is 0 Å². The van der Waals surface area contributed by atoms with Gasteiger partial charge >= 0.3 is 11.9 Å². The number of hydrogen-bond acceptors (Lipinski definition) is 5. The third kappa shape index (κ3) is 2.01. The molecule has 0 saturated carbocycles. The van der Waals surface area contributed by atoms with Crippen LogP contribution in [0.4, 0.5) is 0 Å². The van der Waals surface area contributed by atoms with Crippen molar-refractivity contribution in [2.75, 3.05) is 7.11 Å². The summed E-state index contributed by atoms with van der Waals surface area (Å²) in [4.78, 5) is 33.9. The van der Waals surface area contributed by atoms with Gasteiger partial charge in [0.25, 0.3) is 0 Å². The average Bonchev–Trinajstić information content (AvgIpc) is 2.37. The fraction of sp³-hybridized carbons (Fsp3) is 0.0833. The van der Waals surface area contributed by atoms with Crippen molar-refractivity contribution in [3.63, 3.8) is 0 Å². The van der Waals surface area contributed by atoms with E-state index in [4.69, 9.17) is 19.4 Å². The second-order valence-electron chi connectivity index (χ2n) is 3.61. The van der Waals surface area contributed by atoms with Crippen LogP contribution in [0, 0.1) is 0 Å². The van der Waals surface area contributed by atoms with Gasteiger partial charge in [-0.15, -0.1) is 0 Å². The molecule has 0 aliphatic carbocycles. The monoisotopic (exact) mass is 264 g/mol. The first kappa shape index (κ1) is 12.6. The molecule has 0 radical (unpaired) electrons. The molecule has 0 unspecified atom stereocenters. The zero-order valence-electron chi connectivity index (χ0n) is 9.67. The maximum atomic E-state index is 12.0. The lowest BCUT2D eigenvalue weighted by atomic mass is 10.1. The number of aromatic carboxylic acids is 2. The minimum atomic E-state index is -1.66. The molecular weight excluding hydrogens is 256 g/mol. The first-order valence-electron chi connectivity index (χ1n) is 5.07. The Morgan fingerprint density at radius 2 is 1.89 bits per heavy atom. The van der Waals surface area contributed by atoms with E-state index in [2.05, 4.69) is 0 Å². The fourth-order valence-electron chi connectivity index (χ4n) is 1.65. The van der Waals surface area contributed by atoms with Crippen molar-refractivity contribution in [1.82, 2.24) is 0 Å². The van der Waals surface area contributed by atoms with Gasteiger partial charge in [-0.1, -0.05) is 0 Å². The number of methoxy groups -OCH3 is 1. The van der Waals surface area contributed by atoms with Crippen LogP contribution in [0.5, 0.6) is 5.75 Å². The van der Waals surface area contributed by atoms with Gasteiger partial charge in [-0.2, -0.15) is 0 Å². The minimum Gasteiger partial charge on any atom is -0.497 e. The molecule has 7 heteroatoms. The molecule has 0 saturated heterocycles. The zero-order chi connectivity index (χ0) is 14.2. The molecule has 0 fully saturated rings. The number of rotatable bonds is 3. The van der Waals surface area contributed by atoms with Crippen LogP contribution in [0.15, 0.2) is 27.4 Å². The van der Waals surface area contributed by atoms with E-state index in [0.29, 0.717) is 5.75 Å². The summed E-state index contributed by atoms with van der Waals surface area (Å²) in [6.07, 6.45) is 0. The summed E-state index contributed by atoms with van der Waals surface area (Å²) in [5.74, 6) is -3.84. The molecule has 2 aromatic rings. The van der Waals surface area contributed by atoms with Gasteiger partial charge in [0.05, 0.1) is 12.5 Å². The highest BCUT2D eigenvalue weighted by molar-refractivity contribution is 6.02. The Bertz CT molecular complexity index is 742. The van der Waals surface area contributed by atoms with E-state index < -0.39 is 28.7 Å². The van der Waals surface area contributed by atoms with E-state index in [9.17, 15) is 14.4 Å². The van der Waals surface area contributed by atoms with Gasteiger partial charge in [-0.25, -0.2) is 9.59 Å². The lowest BCUT2D eigenvalue weighted by Crippen LogP contribution is -2.20. The molecule has 2 rings (SSSR count). The number of fused-ring (bicyclic) bond motifs is 1. The van der Waals surface area contributed by atoms with Crippen molar-refractivity contribution in [3.05, 3.63) is 39.7 Å². The number of carbonyl (C=O) groups is 2. The molecule has 1 aromatic heterocycles. The average molecular weight is 264 g/mol. The number of ether oxygens (including phenoxy) is 1. The SMILES string of the molecule is COc1ccc2oc(C(=O)O)c(C(=O)O)c(=O)c2c1. The first-order chi connectivity index (χ1) is 8.95. The van der Waals surface area contributed by atoms with E-state index in [1.54, 1.807) is 0 Å². The molecule has 2 N–H and O–H groups in total. The lowest BCUT2D eigenvalue weighted by molar-refractivity contribution is 0.0621. The van der Waals surface area contributed by atoms with Crippen molar-refractivity contribution in [2.45, 2.75) is 0 Å². The third-order valence-corrected chi connectivity index (χ3v) is 2.51. The molecule has 0 atom stereocenters. The zero-order valence-corrected chi connectivity index (χ0v) is 9.67. The Kier molecular flexibility index (Phi) is 2.95. The topological polar surface area (TPSA) is 114 Å². The van der Waals surface area contributed by atoms with Gasteiger partial charge < -0.3 is 19.4 Å². The van der Waals surface area contributed by atoms with Crippen LogP contribution in [0.25, 0.3) is 11.0 Å². The summed E-state index contributed by atoms with van der Waals surface area (Å²) in [5, 5.41) is 17.8. The van der Waals surface area contributed by atoms with Crippen LogP contribution in [-0.4, -0.2) is 29.3 Å². The quantitative estimate of drug-likeness (QED) is 0.855. The summed E-state index contributed by atoms with van der Waals surface area (Å²) in [7, 11) is 1.38. The van der Waals surface area contributed by atoms with Gasteiger partial charge in [0.1, 0.15) is 11.3 Å². The Hall–Kier alpha value is -2.83. The Morgan fingerprint density at radius 1 is 1.21 bits per heavy atom. The minimum absolute atomic E-state index is 0.0202. The number of carboxylic acids is 2. The molecule has 0 amide bonds. The maximum absolute atomic E-state index is 12.0. The smallest absolute Gasteiger partial charge is 0.372 e. The van der Waals surface area contributed by atoms with Gasteiger partial charge in [-0.3, -0.25) is 4.79 Å². The number of carboxylic acid groups (broad SMARTS) is 2. The highest BCUT2D eigenvalue weighted by atomic mass is 16.5. The second kappa shape index (κ2) is 4.45. The van der Waals surface area contributed by atoms with Crippen molar-refractivity contribution in [2.24, 2.45) is 0 Å². The summed E-state index contributed by atoms with van der Waals surface area (Å²) >= 11 is 0. The van der Waals surface area contributed by atoms with Crippen molar-refractivity contribution in [3.8, 4) is 5.75 Å². The van der Waals surface area contributed by atoms with Crippen LogP contribution in [0.3, 0.4) is 0 Å². The predicted molar refractivity (Wildman–Crippen MR) is 63.0 cm³/mol. The highest BCUT2D eigenvalue weighted by Gasteiger charge is 2.25. The van der Waals surface area contributed by atoms with Crippen molar-refractivity contribution < 1.29 is 29.0 Å². The van der Waals surface area contributed by atoms with E-state index in [-0.39, 0.29) is 11.0 Å². The Labute approximate surface area is 105 Å². The van der Waals surface area contributed by atoms with E-state index >= 15 is 0 Å². The normalized spacial score (nSPS) is 10.4. The molecule has 1 aromatic carbocycles.